The second kappa shape index (κ2) is 5.81. The maximum absolute atomic E-state index is 12.1. The first kappa shape index (κ1) is 13.5. The largest absolute Gasteiger partial charge is 0.394 e. The number of rotatable bonds is 3. The van der Waals surface area contributed by atoms with Gasteiger partial charge in [-0.3, -0.25) is 9.36 Å². The molecule has 4 N–H and O–H groups in total. The molecule has 8 nitrogen and oxygen atoms in total. The predicted molar refractivity (Wildman–Crippen MR) is 68.4 cm³/mol. The van der Waals surface area contributed by atoms with E-state index in [0.29, 0.717) is 19.6 Å². The summed E-state index contributed by atoms with van der Waals surface area (Å²) < 4.78 is 1.20. The molecule has 0 radical (unpaired) electrons. The highest BCUT2D eigenvalue weighted by Crippen LogP contribution is 2.04. The molecule has 19 heavy (non-hydrogen) atoms. The molecule has 1 aromatic rings. The van der Waals surface area contributed by atoms with Crippen LogP contribution in [0.4, 0.5) is 5.82 Å². The SMILES string of the molecule is Nc1ccn(CC(=O)N2CCNCC2CO)c(=O)n1. The maximum Gasteiger partial charge on any atom is 0.349 e. The van der Waals surface area contributed by atoms with Gasteiger partial charge in [-0.1, -0.05) is 0 Å². The summed E-state index contributed by atoms with van der Waals surface area (Å²) in [4.78, 5) is 28.8. The fourth-order valence-corrected chi connectivity index (χ4v) is 2.05. The molecule has 104 valence electrons. The first-order chi connectivity index (χ1) is 9.11. The average molecular weight is 267 g/mol. The second-order valence-corrected chi connectivity index (χ2v) is 4.39. The Morgan fingerprint density at radius 1 is 1.63 bits per heavy atom. The second-order valence-electron chi connectivity index (χ2n) is 4.39. The number of nitrogens with zero attached hydrogens (tertiary/aromatic N) is 3. The monoisotopic (exact) mass is 267 g/mol. The number of aliphatic hydroxyl groups excluding tert-OH is 1. The van der Waals surface area contributed by atoms with Crippen molar-refractivity contribution in [2.75, 3.05) is 32.0 Å². The van der Waals surface area contributed by atoms with Crippen LogP contribution in [0, 0.1) is 0 Å². The Bertz CT molecular complexity index is 515. The van der Waals surface area contributed by atoms with E-state index in [2.05, 4.69) is 10.3 Å². The van der Waals surface area contributed by atoms with Crippen LogP contribution in [-0.4, -0.2) is 57.7 Å². The number of hydrogen-bond acceptors (Lipinski definition) is 6. The van der Waals surface area contributed by atoms with E-state index in [9.17, 15) is 14.7 Å². The zero-order valence-corrected chi connectivity index (χ0v) is 10.5. The Morgan fingerprint density at radius 3 is 3.11 bits per heavy atom. The van der Waals surface area contributed by atoms with E-state index in [1.165, 1.54) is 16.8 Å². The highest BCUT2D eigenvalue weighted by molar-refractivity contribution is 5.76. The lowest BCUT2D eigenvalue weighted by Gasteiger charge is -2.35. The minimum atomic E-state index is -0.552. The van der Waals surface area contributed by atoms with E-state index in [1.807, 2.05) is 0 Å². The normalized spacial score (nSPS) is 19.4. The molecule has 1 atom stereocenters. The van der Waals surface area contributed by atoms with Gasteiger partial charge < -0.3 is 21.1 Å². The van der Waals surface area contributed by atoms with Crippen molar-refractivity contribution in [3.05, 3.63) is 22.7 Å². The van der Waals surface area contributed by atoms with Crippen molar-refractivity contribution in [2.45, 2.75) is 12.6 Å². The fraction of sp³-hybridized carbons (Fsp3) is 0.545. The van der Waals surface area contributed by atoms with Crippen LogP contribution in [0.25, 0.3) is 0 Å². The third-order valence-electron chi connectivity index (χ3n) is 3.08. The molecular formula is C11H17N5O3. The van der Waals surface area contributed by atoms with Gasteiger partial charge in [0.2, 0.25) is 5.91 Å². The Kier molecular flexibility index (Phi) is 4.13. The van der Waals surface area contributed by atoms with Crippen LogP contribution < -0.4 is 16.7 Å². The molecule has 1 fully saturated rings. The summed E-state index contributed by atoms with van der Waals surface area (Å²) in [6.45, 7) is 1.55. The lowest BCUT2D eigenvalue weighted by molar-refractivity contribution is -0.136. The van der Waals surface area contributed by atoms with Crippen molar-refractivity contribution in [1.29, 1.82) is 0 Å². The van der Waals surface area contributed by atoms with Gasteiger partial charge in [0, 0.05) is 25.8 Å². The summed E-state index contributed by atoms with van der Waals surface area (Å²) in [6.07, 6.45) is 1.44. The first-order valence-corrected chi connectivity index (χ1v) is 6.06. The van der Waals surface area contributed by atoms with E-state index < -0.39 is 5.69 Å². The van der Waals surface area contributed by atoms with Crippen LogP contribution >= 0.6 is 0 Å². The Hall–Kier alpha value is -1.93. The minimum absolute atomic E-state index is 0.0946. The maximum atomic E-state index is 12.1. The van der Waals surface area contributed by atoms with Gasteiger partial charge in [0.1, 0.15) is 12.4 Å². The summed E-state index contributed by atoms with van der Waals surface area (Å²) in [6, 6.07) is 1.22. The van der Waals surface area contributed by atoms with Crippen molar-refractivity contribution in [2.24, 2.45) is 0 Å². The number of carbonyl (C=O) groups excluding carboxylic acids is 1. The van der Waals surface area contributed by atoms with E-state index in [4.69, 9.17) is 5.73 Å². The lowest BCUT2D eigenvalue weighted by Crippen LogP contribution is -2.56. The molecular weight excluding hydrogens is 250 g/mol. The van der Waals surface area contributed by atoms with Gasteiger partial charge in [-0.2, -0.15) is 4.98 Å². The van der Waals surface area contributed by atoms with Crippen LogP contribution in [0.5, 0.6) is 0 Å². The van der Waals surface area contributed by atoms with Gasteiger partial charge in [0.15, 0.2) is 0 Å². The number of nitrogen functional groups attached to an aromatic ring is 1. The molecule has 0 spiro atoms. The Labute approximate surface area is 109 Å². The molecule has 8 heteroatoms. The van der Waals surface area contributed by atoms with Crippen molar-refractivity contribution >= 4 is 11.7 Å². The van der Waals surface area contributed by atoms with Crippen LogP contribution in [0.15, 0.2) is 17.1 Å². The van der Waals surface area contributed by atoms with Crippen LogP contribution in [0.2, 0.25) is 0 Å². The number of piperazine rings is 1. The van der Waals surface area contributed by atoms with Crippen molar-refractivity contribution in [3.63, 3.8) is 0 Å². The summed E-state index contributed by atoms with van der Waals surface area (Å²) in [7, 11) is 0. The van der Waals surface area contributed by atoms with Crippen molar-refractivity contribution in [3.8, 4) is 0 Å². The molecule has 2 heterocycles. The van der Waals surface area contributed by atoms with Gasteiger partial charge in [-0.05, 0) is 6.07 Å². The molecule has 1 unspecified atom stereocenters. The van der Waals surface area contributed by atoms with Gasteiger partial charge in [-0.25, -0.2) is 4.79 Å². The number of anilines is 1. The van der Waals surface area contributed by atoms with Gasteiger partial charge in [0.25, 0.3) is 0 Å². The highest BCUT2D eigenvalue weighted by Gasteiger charge is 2.25. The summed E-state index contributed by atoms with van der Waals surface area (Å²) >= 11 is 0. The smallest absolute Gasteiger partial charge is 0.349 e. The number of hydrogen-bond donors (Lipinski definition) is 3. The molecule has 0 aromatic carbocycles. The average Bonchev–Trinajstić information content (AvgIpc) is 2.41. The molecule has 1 aliphatic rings. The molecule has 0 aliphatic carbocycles. The summed E-state index contributed by atoms with van der Waals surface area (Å²) in [5, 5.41) is 12.3. The van der Waals surface area contributed by atoms with E-state index in [-0.39, 0.29) is 30.9 Å². The third-order valence-corrected chi connectivity index (χ3v) is 3.08. The zero-order chi connectivity index (χ0) is 13.8. The van der Waals surface area contributed by atoms with Gasteiger partial charge in [-0.15, -0.1) is 0 Å². The third kappa shape index (κ3) is 3.09. The summed E-state index contributed by atoms with van der Waals surface area (Å²) in [5.41, 5.74) is 4.83. The van der Waals surface area contributed by atoms with E-state index in [1.54, 1.807) is 4.90 Å². The highest BCUT2D eigenvalue weighted by atomic mass is 16.3. The quantitative estimate of drug-likeness (QED) is 0.563. The van der Waals surface area contributed by atoms with Crippen LogP contribution in [0.3, 0.4) is 0 Å². The van der Waals surface area contributed by atoms with Crippen LogP contribution in [-0.2, 0) is 11.3 Å². The minimum Gasteiger partial charge on any atom is -0.394 e. The Morgan fingerprint density at radius 2 is 2.42 bits per heavy atom. The fourth-order valence-electron chi connectivity index (χ4n) is 2.05. The first-order valence-electron chi connectivity index (χ1n) is 6.06. The van der Waals surface area contributed by atoms with Crippen molar-refractivity contribution in [1.82, 2.24) is 19.8 Å². The number of nitrogens with two attached hydrogens (primary N) is 1. The van der Waals surface area contributed by atoms with E-state index >= 15 is 0 Å². The van der Waals surface area contributed by atoms with Crippen molar-refractivity contribution < 1.29 is 9.90 Å². The molecule has 1 saturated heterocycles. The van der Waals surface area contributed by atoms with Gasteiger partial charge in [0.05, 0.1) is 12.6 Å². The predicted octanol–water partition coefficient (Wildman–Crippen LogP) is -2.38. The topological polar surface area (TPSA) is 113 Å². The number of nitrogens with one attached hydrogen (secondary N) is 1. The lowest BCUT2D eigenvalue weighted by atomic mass is 10.2. The number of aromatic nitrogens is 2. The number of aliphatic hydroxyl groups is 1. The molecule has 1 aromatic heterocycles. The molecule has 0 saturated carbocycles. The molecule has 1 amide bonds. The molecule has 2 rings (SSSR count). The summed E-state index contributed by atoms with van der Waals surface area (Å²) in [5.74, 6) is -0.0849. The molecule has 0 bridgehead atoms. The molecule has 1 aliphatic heterocycles. The van der Waals surface area contributed by atoms with Gasteiger partial charge >= 0.3 is 5.69 Å². The number of carbonyl (C=O) groups is 1. The van der Waals surface area contributed by atoms with Crippen LogP contribution in [0.1, 0.15) is 0 Å². The standard InChI is InChI=1S/C11H17N5O3/c12-9-1-3-15(11(19)14-9)6-10(18)16-4-2-13-5-8(16)7-17/h1,3,8,13,17H,2,4-7H2,(H2,12,14,19). The number of amides is 1. The van der Waals surface area contributed by atoms with E-state index in [0.717, 1.165) is 0 Å². The Balaban J connectivity index is 2.09. The zero-order valence-electron chi connectivity index (χ0n) is 10.5.